The molecule has 1 heterocycles. The van der Waals surface area contributed by atoms with Gasteiger partial charge in [0.2, 0.25) is 0 Å². The normalized spacial score (nSPS) is 10.6. The Morgan fingerprint density at radius 3 is 2.55 bits per heavy atom. The van der Waals surface area contributed by atoms with Crippen LogP contribution in [0.25, 0.3) is 5.69 Å². The lowest BCUT2D eigenvalue weighted by Gasteiger charge is -2.09. The number of aromatic nitrogens is 1. The molecular weight excluding hydrogens is 252 g/mol. The summed E-state index contributed by atoms with van der Waals surface area (Å²) in [5.74, 6) is -0.301. The minimum Gasteiger partial charge on any atom is -0.462 e. The third-order valence-electron chi connectivity index (χ3n) is 2.82. The number of benzene rings is 1. The van der Waals surface area contributed by atoms with E-state index in [9.17, 15) is 4.79 Å². The molecule has 106 valence electrons. The Hall–Kier alpha value is -2.23. The fraction of sp³-hybridized carbons (Fsp3) is 0.312. The Balaban J connectivity index is 2.39. The average molecular weight is 272 g/mol. The van der Waals surface area contributed by atoms with Gasteiger partial charge < -0.3 is 14.6 Å². The summed E-state index contributed by atoms with van der Waals surface area (Å²) in [6, 6.07) is 10.1. The number of carbonyl (C=O) groups is 1. The van der Waals surface area contributed by atoms with E-state index in [1.807, 2.05) is 61.9 Å². The van der Waals surface area contributed by atoms with E-state index in [-0.39, 0.29) is 12.0 Å². The lowest BCUT2D eigenvalue weighted by molar-refractivity contribution is 0.0527. The molecular formula is C16H20N2O2. The van der Waals surface area contributed by atoms with Crippen molar-refractivity contribution in [1.29, 1.82) is 0 Å². The highest BCUT2D eigenvalue weighted by Crippen LogP contribution is 2.22. The quantitative estimate of drug-likeness (QED) is 0.847. The van der Waals surface area contributed by atoms with Crippen molar-refractivity contribution in [3.05, 3.63) is 48.3 Å². The van der Waals surface area contributed by atoms with Crippen molar-refractivity contribution >= 4 is 11.7 Å². The molecule has 4 nitrogen and oxygen atoms in total. The molecule has 0 atom stereocenters. The second kappa shape index (κ2) is 6.28. The highest BCUT2D eigenvalue weighted by atomic mass is 16.5. The van der Waals surface area contributed by atoms with Gasteiger partial charge in [-0.2, -0.15) is 0 Å². The van der Waals surface area contributed by atoms with Crippen LogP contribution in [0.4, 0.5) is 5.69 Å². The number of ether oxygens (including phenoxy) is 1. The lowest BCUT2D eigenvalue weighted by atomic mass is 10.2. The van der Waals surface area contributed by atoms with Crippen LogP contribution in [0.3, 0.4) is 0 Å². The number of para-hydroxylation sites is 1. The topological polar surface area (TPSA) is 43.3 Å². The van der Waals surface area contributed by atoms with E-state index < -0.39 is 0 Å². The van der Waals surface area contributed by atoms with Crippen molar-refractivity contribution in [1.82, 2.24) is 4.57 Å². The van der Waals surface area contributed by atoms with Gasteiger partial charge in [-0.3, -0.25) is 0 Å². The monoisotopic (exact) mass is 272 g/mol. The molecule has 0 amide bonds. The molecule has 4 heteroatoms. The molecule has 0 saturated heterocycles. The van der Waals surface area contributed by atoms with Gasteiger partial charge in [0.25, 0.3) is 0 Å². The first-order chi connectivity index (χ1) is 9.61. The SMILES string of the molecule is CCOC(=O)c1cn(-c2ccccc2)cc1NC(C)C. The molecule has 20 heavy (non-hydrogen) atoms. The van der Waals surface area contributed by atoms with E-state index in [4.69, 9.17) is 4.74 Å². The van der Waals surface area contributed by atoms with Gasteiger partial charge in [0.1, 0.15) is 5.56 Å². The van der Waals surface area contributed by atoms with E-state index in [2.05, 4.69) is 5.32 Å². The van der Waals surface area contributed by atoms with E-state index >= 15 is 0 Å². The van der Waals surface area contributed by atoms with E-state index in [0.29, 0.717) is 12.2 Å². The second-order valence-corrected chi connectivity index (χ2v) is 4.85. The van der Waals surface area contributed by atoms with Gasteiger partial charge in [0.15, 0.2) is 0 Å². The Morgan fingerprint density at radius 2 is 1.95 bits per heavy atom. The van der Waals surface area contributed by atoms with Gasteiger partial charge in [-0.1, -0.05) is 18.2 Å². The minimum absolute atomic E-state index is 0.245. The van der Waals surface area contributed by atoms with Crippen molar-refractivity contribution < 1.29 is 9.53 Å². The smallest absolute Gasteiger partial charge is 0.341 e. The number of esters is 1. The molecule has 0 radical (unpaired) electrons. The fourth-order valence-corrected chi connectivity index (χ4v) is 2.00. The standard InChI is InChI=1S/C16H20N2O2/c1-4-20-16(19)14-10-18(11-15(14)17-12(2)3)13-8-6-5-7-9-13/h5-12,17H,4H2,1-3H3. The molecule has 2 aromatic rings. The Bertz CT molecular complexity index is 573. The van der Waals surface area contributed by atoms with Gasteiger partial charge >= 0.3 is 5.97 Å². The summed E-state index contributed by atoms with van der Waals surface area (Å²) in [6.45, 7) is 6.25. The Morgan fingerprint density at radius 1 is 1.25 bits per heavy atom. The number of hydrogen-bond acceptors (Lipinski definition) is 3. The maximum atomic E-state index is 12.0. The molecule has 1 aromatic heterocycles. The first-order valence-corrected chi connectivity index (χ1v) is 6.83. The zero-order chi connectivity index (χ0) is 14.5. The van der Waals surface area contributed by atoms with Crippen LogP contribution in [0.5, 0.6) is 0 Å². The molecule has 0 aliphatic rings. The zero-order valence-electron chi connectivity index (χ0n) is 12.1. The van der Waals surface area contributed by atoms with Crippen molar-refractivity contribution in [2.45, 2.75) is 26.8 Å². The van der Waals surface area contributed by atoms with Crippen LogP contribution in [0.15, 0.2) is 42.7 Å². The molecule has 0 bridgehead atoms. The molecule has 0 aliphatic heterocycles. The summed E-state index contributed by atoms with van der Waals surface area (Å²) in [4.78, 5) is 12.0. The highest BCUT2D eigenvalue weighted by Gasteiger charge is 2.16. The lowest BCUT2D eigenvalue weighted by Crippen LogP contribution is -2.13. The number of nitrogens with one attached hydrogen (secondary N) is 1. The van der Waals surface area contributed by atoms with E-state index in [1.54, 1.807) is 6.20 Å². The van der Waals surface area contributed by atoms with E-state index in [0.717, 1.165) is 11.4 Å². The number of carbonyl (C=O) groups excluding carboxylic acids is 1. The number of rotatable bonds is 5. The van der Waals surface area contributed by atoms with Crippen molar-refractivity contribution in [3.63, 3.8) is 0 Å². The van der Waals surface area contributed by atoms with Gasteiger partial charge in [-0.05, 0) is 32.9 Å². The van der Waals surface area contributed by atoms with Gasteiger partial charge in [-0.15, -0.1) is 0 Å². The van der Waals surface area contributed by atoms with Crippen LogP contribution in [0.1, 0.15) is 31.1 Å². The van der Waals surface area contributed by atoms with Crippen molar-refractivity contribution in [2.75, 3.05) is 11.9 Å². The zero-order valence-corrected chi connectivity index (χ0v) is 12.1. The summed E-state index contributed by atoms with van der Waals surface area (Å²) in [6.07, 6.45) is 3.72. The highest BCUT2D eigenvalue weighted by molar-refractivity contribution is 5.95. The molecule has 2 rings (SSSR count). The van der Waals surface area contributed by atoms with Crippen LogP contribution in [0, 0.1) is 0 Å². The second-order valence-electron chi connectivity index (χ2n) is 4.85. The Kier molecular flexibility index (Phi) is 4.45. The minimum atomic E-state index is -0.301. The molecule has 1 aromatic carbocycles. The first-order valence-electron chi connectivity index (χ1n) is 6.83. The average Bonchev–Trinajstić information content (AvgIpc) is 2.83. The molecule has 0 aliphatic carbocycles. The summed E-state index contributed by atoms with van der Waals surface area (Å²) in [5.41, 5.74) is 2.36. The number of nitrogens with zero attached hydrogens (tertiary/aromatic N) is 1. The fourth-order valence-electron chi connectivity index (χ4n) is 2.00. The van der Waals surface area contributed by atoms with E-state index in [1.165, 1.54) is 0 Å². The summed E-state index contributed by atoms with van der Waals surface area (Å²) < 4.78 is 7.03. The largest absolute Gasteiger partial charge is 0.462 e. The molecule has 0 spiro atoms. The van der Waals surface area contributed by atoms with Gasteiger partial charge in [0, 0.05) is 24.1 Å². The molecule has 0 fully saturated rings. The predicted octanol–water partition coefficient (Wildman–Crippen LogP) is 3.47. The maximum Gasteiger partial charge on any atom is 0.341 e. The van der Waals surface area contributed by atoms with Gasteiger partial charge in [-0.25, -0.2) is 4.79 Å². The third kappa shape index (κ3) is 3.20. The van der Waals surface area contributed by atoms with Crippen molar-refractivity contribution in [3.8, 4) is 5.69 Å². The van der Waals surface area contributed by atoms with Crippen LogP contribution in [-0.2, 0) is 4.74 Å². The first kappa shape index (κ1) is 14.2. The van der Waals surface area contributed by atoms with Crippen LogP contribution in [0.2, 0.25) is 0 Å². The maximum absolute atomic E-state index is 12.0. The third-order valence-corrected chi connectivity index (χ3v) is 2.82. The summed E-state index contributed by atoms with van der Waals surface area (Å²) >= 11 is 0. The van der Waals surface area contributed by atoms with Crippen LogP contribution < -0.4 is 5.32 Å². The number of anilines is 1. The predicted molar refractivity (Wildman–Crippen MR) is 80.5 cm³/mol. The van der Waals surface area contributed by atoms with Gasteiger partial charge in [0.05, 0.1) is 12.3 Å². The summed E-state index contributed by atoms with van der Waals surface area (Å²) in [5, 5.41) is 3.28. The van der Waals surface area contributed by atoms with Crippen molar-refractivity contribution in [2.24, 2.45) is 0 Å². The molecule has 1 N–H and O–H groups in total. The van der Waals surface area contributed by atoms with Crippen LogP contribution >= 0.6 is 0 Å². The number of hydrogen-bond donors (Lipinski definition) is 1. The Labute approximate surface area is 119 Å². The molecule has 0 saturated carbocycles. The summed E-state index contributed by atoms with van der Waals surface area (Å²) in [7, 11) is 0. The molecule has 0 unspecified atom stereocenters. The van der Waals surface area contributed by atoms with Crippen LogP contribution in [-0.4, -0.2) is 23.2 Å².